The van der Waals surface area contributed by atoms with Gasteiger partial charge in [-0.25, -0.2) is 0 Å². The molecule has 21 heavy (non-hydrogen) atoms. The average Bonchev–Trinajstić information content (AvgIpc) is 2.49. The number of rotatable bonds is 6. The molecule has 0 atom stereocenters. The Morgan fingerprint density at radius 2 is 1.86 bits per heavy atom. The van der Waals surface area contributed by atoms with Crippen molar-refractivity contribution < 1.29 is 4.79 Å². The maximum atomic E-state index is 12.5. The third-order valence-electron chi connectivity index (χ3n) is 3.31. The summed E-state index contributed by atoms with van der Waals surface area (Å²) in [6.45, 7) is 0.844. The smallest absolute Gasteiger partial charge is 0.167 e. The molecule has 1 N–H and O–H groups in total. The Morgan fingerprint density at radius 1 is 1.10 bits per heavy atom. The van der Waals surface area contributed by atoms with Crippen LogP contribution in [0.15, 0.2) is 42.5 Å². The van der Waals surface area contributed by atoms with Gasteiger partial charge >= 0.3 is 0 Å². The minimum Gasteiger partial charge on any atom is -0.319 e. The van der Waals surface area contributed by atoms with Crippen LogP contribution < -0.4 is 5.32 Å². The Labute approximate surface area is 135 Å². The molecule has 0 fully saturated rings. The molecule has 2 aromatic carbocycles. The Bertz CT molecular complexity index is 640. The molecule has 0 aromatic heterocycles. The van der Waals surface area contributed by atoms with Crippen LogP contribution in [0.25, 0.3) is 0 Å². The molecule has 0 saturated carbocycles. The molecule has 0 unspecified atom stereocenters. The van der Waals surface area contributed by atoms with Crippen molar-refractivity contribution >= 4 is 29.0 Å². The van der Waals surface area contributed by atoms with Crippen LogP contribution in [0, 0.1) is 0 Å². The zero-order valence-corrected chi connectivity index (χ0v) is 13.3. The lowest BCUT2D eigenvalue weighted by Crippen LogP contribution is -2.14. The van der Waals surface area contributed by atoms with Gasteiger partial charge in [0, 0.05) is 12.0 Å². The summed E-state index contributed by atoms with van der Waals surface area (Å²) in [7, 11) is 1.90. The molecule has 0 heterocycles. The van der Waals surface area contributed by atoms with E-state index in [1.54, 1.807) is 12.1 Å². The van der Waals surface area contributed by atoms with Gasteiger partial charge in [0.15, 0.2) is 5.78 Å². The van der Waals surface area contributed by atoms with Gasteiger partial charge in [0.05, 0.1) is 10.0 Å². The fourth-order valence-electron chi connectivity index (χ4n) is 2.20. The van der Waals surface area contributed by atoms with E-state index in [0.717, 1.165) is 29.7 Å². The molecule has 0 aliphatic rings. The molecule has 0 aliphatic heterocycles. The average molecular weight is 322 g/mol. The summed E-state index contributed by atoms with van der Waals surface area (Å²) in [5.41, 5.74) is 2.72. The molecule has 2 nitrogen and oxygen atoms in total. The quantitative estimate of drug-likeness (QED) is 0.808. The van der Waals surface area contributed by atoms with Gasteiger partial charge in [-0.3, -0.25) is 4.79 Å². The largest absolute Gasteiger partial charge is 0.319 e. The molecular formula is C17H17Cl2NO. The van der Waals surface area contributed by atoms with Crippen LogP contribution in [0.2, 0.25) is 10.0 Å². The number of carbonyl (C=O) groups is 1. The van der Waals surface area contributed by atoms with Gasteiger partial charge in [-0.1, -0.05) is 53.5 Å². The molecule has 0 amide bonds. The third kappa shape index (κ3) is 4.31. The monoisotopic (exact) mass is 321 g/mol. The first-order valence-electron chi connectivity index (χ1n) is 6.81. The van der Waals surface area contributed by atoms with E-state index in [1.165, 1.54) is 0 Å². The van der Waals surface area contributed by atoms with Gasteiger partial charge < -0.3 is 5.32 Å². The van der Waals surface area contributed by atoms with E-state index >= 15 is 0 Å². The van der Waals surface area contributed by atoms with E-state index in [2.05, 4.69) is 5.32 Å². The van der Waals surface area contributed by atoms with Crippen molar-refractivity contribution in [3.63, 3.8) is 0 Å². The number of halogens is 2. The van der Waals surface area contributed by atoms with Crippen molar-refractivity contribution in [2.75, 3.05) is 13.6 Å². The van der Waals surface area contributed by atoms with Crippen molar-refractivity contribution in [3.05, 3.63) is 69.2 Å². The van der Waals surface area contributed by atoms with Gasteiger partial charge in [0.25, 0.3) is 0 Å². The lowest BCUT2D eigenvalue weighted by molar-refractivity contribution is 0.0992. The number of benzene rings is 2. The highest BCUT2D eigenvalue weighted by Crippen LogP contribution is 2.23. The minimum absolute atomic E-state index is 0.0973. The van der Waals surface area contributed by atoms with Gasteiger partial charge in [0.1, 0.15) is 0 Å². The molecule has 0 spiro atoms. The van der Waals surface area contributed by atoms with Crippen molar-refractivity contribution in [2.24, 2.45) is 0 Å². The van der Waals surface area contributed by atoms with E-state index in [9.17, 15) is 4.79 Å². The summed E-state index contributed by atoms with van der Waals surface area (Å²) >= 11 is 11.9. The predicted octanol–water partition coefficient (Wildman–Crippen LogP) is 4.18. The molecular weight excluding hydrogens is 305 g/mol. The summed E-state index contributed by atoms with van der Waals surface area (Å²) in [5.74, 6) is 0.0973. The van der Waals surface area contributed by atoms with Gasteiger partial charge in [-0.05, 0) is 43.3 Å². The van der Waals surface area contributed by atoms with Crippen LogP contribution in [0.4, 0.5) is 0 Å². The second-order valence-electron chi connectivity index (χ2n) is 4.86. The highest BCUT2D eigenvalue weighted by atomic mass is 35.5. The van der Waals surface area contributed by atoms with Crippen molar-refractivity contribution in [1.29, 1.82) is 0 Å². The van der Waals surface area contributed by atoms with Crippen LogP contribution in [-0.4, -0.2) is 19.4 Å². The number of likely N-dealkylation sites (N-methyl/N-ethyl adjacent to an activating group) is 1. The van der Waals surface area contributed by atoms with Crippen LogP contribution in [0.1, 0.15) is 21.5 Å². The number of nitrogens with one attached hydrogen (secondary N) is 1. The van der Waals surface area contributed by atoms with E-state index in [4.69, 9.17) is 23.2 Å². The van der Waals surface area contributed by atoms with E-state index in [1.807, 2.05) is 37.4 Å². The standard InChI is InChI=1S/C17H17Cl2NO/c1-20-9-8-13-4-2-3-5-14(13)17(21)11-12-6-7-15(18)16(19)10-12/h2-7,10,20H,8-9,11H2,1H3. The van der Waals surface area contributed by atoms with Crippen molar-refractivity contribution in [2.45, 2.75) is 12.8 Å². The van der Waals surface area contributed by atoms with Crippen LogP contribution in [0.5, 0.6) is 0 Å². The molecule has 2 aromatic rings. The number of carbonyl (C=O) groups excluding carboxylic acids is 1. The molecule has 2 rings (SSSR count). The number of hydrogen-bond acceptors (Lipinski definition) is 2. The van der Waals surface area contributed by atoms with Crippen LogP contribution in [-0.2, 0) is 12.8 Å². The molecule has 0 radical (unpaired) electrons. The van der Waals surface area contributed by atoms with Crippen LogP contribution in [0.3, 0.4) is 0 Å². The van der Waals surface area contributed by atoms with Gasteiger partial charge in [0.2, 0.25) is 0 Å². The molecule has 0 bridgehead atoms. The Balaban J connectivity index is 2.18. The van der Waals surface area contributed by atoms with E-state index in [-0.39, 0.29) is 5.78 Å². The summed E-state index contributed by atoms with van der Waals surface area (Å²) in [6.07, 6.45) is 1.16. The second kappa shape index (κ2) is 7.60. The fourth-order valence-corrected chi connectivity index (χ4v) is 2.52. The fraction of sp³-hybridized carbons (Fsp3) is 0.235. The summed E-state index contributed by atoms with van der Waals surface area (Å²) in [6, 6.07) is 13.0. The normalized spacial score (nSPS) is 10.6. The topological polar surface area (TPSA) is 29.1 Å². The maximum absolute atomic E-state index is 12.5. The first kappa shape index (κ1) is 16.0. The first-order valence-corrected chi connectivity index (χ1v) is 7.57. The Morgan fingerprint density at radius 3 is 2.57 bits per heavy atom. The Kier molecular flexibility index (Phi) is 5.80. The number of hydrogen-bond donors (Lipinski definition) is 1. The molecule has 0 aliphatic carbocycles. The first-order chi connectivity index (χ1) is 10.1. The van der Waals surface area contributed by atoms with Crippen molar-refractivity contribution in [1.82, 2.24) is 5.32 Å². The van der Waals surface area contributed by atoms with E-state index in [0.29, 0.717) is 16.5 Å². The maximum Gasteiger partial charge on any atom is 0.167 e. The van der Waals surface area contributed by atoms with E-state index < -0.39 is 0 Å². The molecule has 4 heteroatoms. The van der Waals surface area contributed by atoms with Crippen molar-refractivity contribution in [3.8, 4) is 0 Å². The van der Waals surface area contributed by atoms with Crippen LogP contribution >= 0.6 is 23.2 Å². The summed E-state index contributed by atoms with van der Waals surface area (Å²) in [4.78, 5) is 12.5. The minimum atomic E-state index is 0.0973. The number of Topliss-reactive ketones (excluding diaryl/α,β-unsaturated/α-hetero) is 1. The number of ketones is 1. The highest BCUT2D eigenvalue weighted by Gasteiger charge is 2.12. The predicted molar refractivity (Wildman–Crippen MR) is 88.6 cm³/mol. The zero-order valence-electron chi connectivity index (χ0n) is 11.8. The second-order valence-corrected chi connectivity index (χ2v) is 5.67. The summed E-state index contributed by atoms with van der Waals surface area (Å²) in [5, 5.41) is 4.08. The molecule has 110 valence electrons. The summed E-state index contributed by atoms with van der Waals surface area (Å²) < 4.78 is 0. The highest BCUT2D eigenvalue weighted by molar-refractivity contribution is 6.42. The Hall–Kier alpha value is -1.35. The SMILES string of the molecule is CNCCc1ccccc1C(=O)Cc1ccc(Cl)c(Cl)c1. The van der Waals surface area contributed by atoms with Gasteiger partial charge in [-0.2, -0.15) is 0 Å². The lowest BCUT2D eigenvalue weighted by atomic mass is 9.97. The zero-order chi connectivity index (χ0) is 15.2. The lowest BCUT2D eigenvalue weighted by Gasteiger charge is -2.09. The van der Waals surface area contributed by atoms with Gasteiger partial charge in [-0.15, -0.1) is 0 Å². The third-order valence-corrected chi connectivity index (χ3v) is 4.05. The molecule has 0 saturated heterocycles.